The van der Waals surface area contributed by atoms with Crippen molar-refractivity contribution < 1.29 is 9.59 Å². The molecule has 0 aliphatic carbocycles. The van der Waals surface area contributed by atoms with E-state index < -0.39 is 5.54 Å². The van der Waals surface area contributed by atoms with Gasteiger partial charge in [0.25, 0.3) is 5.91 Å². The molecule has 0 bridgehead atoms. The molecule has 0 fully saturated rings. The summed E-state index contributed by atoms with van der Waals surface area (Å²) in [4.78, 5) is 29.5. The molecular formula is C23H19N3O2. The van der Waals surface area contributed by atoms with Crippen LogP contribution in [0.15, 0.2) is 89.9 Å². The predicted molar refractivity (Wildman–Crippen MR) is 109 cm³/mol. The molecule has 4 rings (SSSR count). The van der Waals surface area contributed by atoms with E-state index in [9.17, 15) is 9.59 Å². The Balaban J connectivity index is 1.86. The van der Waals surface area contributed by atoms with Crippen molar-refractivity contribution in [1.82, 2.24) is 5.32 Å². The molecule has 138 valence electrons. The molecule has 3 aromatic rings. The molecule has 1 aliphatic rings. The second kappa shape index (κ2) is 7.12. The van der Waals surface area contributed by atoms with Crippen LogP contribution in [0.2, 0.25) is 0 Å². The van der Waals surface area contributed by atoms with Crippen LogP contribution in [0.5, 0.6) is 0 Å². The Morgan fingerprint density at radius 1 is 0.893 bits per heavy atom. The van der Waals surface area contributed by atoms with Gasteiger partial charge in [0.2, 0.25) is 5.91 Å². The summed E-state index contributed by atoms with van der Waals surface area (Å²) >= 11 is 0. The number of aliphatic imine (C=N–C) groups is 1. The van der Waals surface area contributed by atoms with Crippen LogP contribution in [-0.4, -0.2) is 17.6 Å². The van der Waals surface area contributed by atoms with Crippen molar-refractivity contribution in [3.05, 3.63) is 102 Å². The second-order valence-electron chi connectivity index (χ2n) is 6.62. The standard InChI is InChI=1S/C23H19N3O2/c1-16(27)24-20-14-8-9-17(15-20)21-25-22(28)23(26-21,18-10-4-2-5-11-18)19-12-6-3-7-13-19/h2-15H,1H3,(H,24,27)(H,25,26,28). The van der Waals surface area contributed by atoms with Gasteiger partial charge in [-0.3, -0.25) is 9.59 Å². The lowest BCUT2D eigenvalue weighted by atomic mass is 9.83. The summed E-state index contributed by atoms with van der Waals surface area (Å²) in [5, 5.41) is 5.69. The fraction of sp³-hybridized carbons (Fsp3) is 0.0870. The lowest BCUT2D eigenvalue weighted by molar-refractivity contribution is -0.122. The van der Waals surface area contributed by atoms with Crippen LogP contribution >= 0.6 is 0 Å². The van der Waals surface area contributed by atoms with Crippen LogP contribution in [-0.2, 0) is 15.1 Å². The number of amidine groups is 1. The number of benzene rings is 3. The van der Waals surface area contributed by atoms with Crippen LogP contribution in [0.1, 0.15) is 23.6 Å². The van der Waals surface area contributed by atoms with Gasteiger partial charge in [0, 0.05) is 18.2 Å². The summed E-state index contributed by atoms with van der Waals surface area (Å²) in [5.41, 5.74) is 1.83. The zero-order valence-corrected chi connectivity index (χ0v) is 15.3. The first kappa shape index (κ1) is 17.7. The highest BCUT2D eigenvalue weighted by molar-refractivity contribution is 6.17. The number of nitrogens with zero attached hydrogens (tertiary/aromatic N) is 1. The zero-order chi connectivity index (χ0) is 19.6. The van der Waals surface area contributed by atoms with Crippen molar-refractivity contribution in [2.45, 2.75) is 12.5 Å². The summed E-state index contributed by atoms with van der Waals surface area (Å²) in [5.74, 6) is 0.118. The molecule has 0 aromatic heterocycles. The van der Waals surface area contributed by atoms with Gasteiger partial charge in [0.05, 0.1) is 0 Å². The summed E-state index contributed by atoms with van der Waals surface area (Å²) in [6.45, 7) is 1.46. The molecule has 0 saturated carbocycles. The fourth-order valence-electron chi connectivity index (χ4n) is 3.45. The van der Waals surface area contributed by atoms with E-state index in [1.54, 1.807) is 12.1 Å². The van der Waals surface area contributed by atoms with E-state index >= 15 is 0 Å². The third kappa shape index (κ3) is 3.07. The molecule has 5 nitrogen and oxygen atoms in total. The lowest BCUT2D eigenvalue weighted by Gasteiger charge is -2.24. The van der Waals surface area contributed by atoms with E-state index in [-0.39, 0.29) is 11.8 Å². The number of hydrogen-bond acceptors (Lipinski definition) is 3. The number of amides is 2. The largest absolute Gasteiger partial charge is 0.326 e. The Kier molecular flexibility index (Phi) is 4.49. The lowest BCUT2D eigenvalue weighted by Crippen LogP contribution is -2.38. The van der Waals surface area contributed by atoms with E-state index in [4.69, 9.17) is 4.99 Å². The minimum Gasteiger partial charge on any atom is -0.326 e. The average Bonchev–Trinajstić information content (AvgIpc) is 3.07. The number of anilines is 1. The van der Waals surface area contributed by atoms with Crippen LogP contribution in [0.4, 0.5) is 5.69 Å². The number of carbonyl (C=O) groups excluding carboxylic acids is 2. The maximum absolute atomic E-state index is 13.2. The Labute approximate surface area is 163 Å². The molecule has 5 heteroatoms. The first-order valence-electron chi connectivity index (χ1n) is 9.00. The summed E-state index contributed by atoms with van der Waals surface area (Å²) in [7, 11) is 0. The SMILES string of the molecule is CC(=O)Nc1cccc(C2=NC(c3ccccc3)(c3ccccc3)C(=O)N2)c1. The highest BCUT2D eigenvalue weighted by atomic mass is 16.2. The number of rotatable bonds is 4. The maximum atomic E-state index is 13.2. The summed E-state index contributed by atoms with van der Waals surface area (Å²) in [6, 6.07) is 26.3. The molecule has 28 heavy (non-hydrogen) atoms. The molecule has 3 aromatic carbocycles. The number of nitrogens with one attached hydrogen (secondary N) is 2. The highest BCUT2D eigenvalue weighted by Crippen LogP contribution is 2.37. The van der Waals surface area contributed by atoms with Crippen molar-refractivity contribution in [1.29, 1.82) is 0 Å². The van der Waals surface area contributed by atoms with Gasteiger partial charge in [0.15, 0.2) is 5.54 Å². The van der Waals surface area contributed by atoms with Crippen LogP contribution in [0.3, 0.4) is 0 Å². The summed E-state index contributed by atoms with van der Waals surface area (Å²) in [6.07, 6.45) is 0. The third-order valence-electron chi connectivity index (χ3n) is 4.68. The quantitative estimate of drug-likeness (QED) is 0.739. The Morgan fingerprint density at radius 2 is 1.50 bits per heavy atom. The normalized spacial score (nSPS) is 14.9. The molecule has 2 N–H and O–H groups in total. The first-order valence-corrected chi connectivity index (χ1v) is 9.00. The number of hydrogen-bond donors (Lipinski definition) is 2. The maximum Gasteiger partial charge on any atom is 0.262 e. The number of carbonyl (C=O) groups is 2. The Bertz CT molecular complexity index is 1020. The fourth-order valence-corrected chi connectivity index (χ4v) is 3.45. The molecule has 1 heterocycles. The molecule has 2 amide bonds. The predicted octanol–water partition coefficient (Wildman–Crippen LogP) is 3.47. The minimum atomic E-state index is -1.15. The van der Waals surface area contributed by atoms with Crippen molar-refractivity contribution in [2.24, 2.45) is 4.99 Å². The smallest absolute Gasteiger partial charge is 0.262 e. The summed E-state index contributed by atoms with van der Waals surface area (Å²) < 4.78 is 0. The van der Waals surface area contributed by atoms with Gasteiger partial charge in [-0.1, -0.05) is 72.8 Å². The van der Waals surface area contributed by atoms with Gasteiger partial charge in [-0.25, -0.2) is 4.99 Å². The van der Waals surface area contributed by atoms with Gasteiger partial charge in [0.1, 0.15) is 5.84 Å². The van der Waals surface area contributed by atoms with Gasteiger partial charge in [-0.15, -0.1) is 0 Å². The van der Waals surface area contributed by atoms with Crippen molar-refractivity contribution >= 4 is 23.3 Å². The van der Waals surface area contributed by atoms with Gasteiger partial charge in [-0.05, 0) is 23.3 Å². The van der Waals surface area contributed by atoms with Crippen LogP contribution < -0.4 is 10.6 Å². The molecule has 0 spiro atoms. The first-order chi connectivity index (χ1) is 13.6. The second-order valence-corrected chi connectivity index (χ2v) is 6.62. The van der Waals surface area contributed by atoms with Crippen LogP contribution in [0.25, 0.3) is 0 Å². The minimum absolute atomic E-state index is 0.155. The highest BCUT2D eigenvalue weighted by Gasteiger charge is 2.46. The molecule has 0 atom stereocenters. The molecule has 0 unspecified atom stereocenters. The van der Waals surface area contributed by atoms with Gasteiger partial charge < -0.3 is 10.6 Å². The van der Waals surface area contributed by atoms with Crippen LogP contribution in [0, 0.1) is 0 Å². The van der Waals surface area contributed by atoms with E-state index in [1.165, 1.54) is 6.92 Å². The molecular weight excluding hydrogens is 350 g/mol. The van der Waals surface area contributed by atoms with Crippen molar-refractivity contribution in [2.75, 3.05) is 5.32 Å². The third-order valence-corrected chi connectivity index (χ3v) is 4.68. The zero-order valence-electron chi connectivity index (χ0n) is 15.3. The van der Waals surface area contributed by atoms with Crippen molar-refractivity contribution in [3.8, 4) is 0 Å². The van der Waals surface area contributed by atoms with E-state index in [2.05, 4.69) is 10.6 Å². The topological polar surface area (TPSA) is 70.6 Å². The van der Waals surface area contributed by atoms with E-state index in [1.807, 2.05) is 72.8 Å². The van der Waals surface area contributed by atoms with Gasteiger partial charge in [-0.2, -0.15) is 0 Å². The molecule has 0 radical (unpaired) electrons. The monoisotopic (exact) mass is 369 g/mol. The molecule has 0 saturated heterocycles. The van der Waals surface area contributed by atoms with E-state index in [0.29, 0.717) is 11.5 Å². The van der Waals surface area contributed by atoms with Crippen molar-refractivity contribution in [3.63, 3.8) is 0 Å². The Morgan fingerprint density at radius 3 is 2.07 bits per heavy atom. The molecule has 1 aliphatic heterocycles. The van der Waals surface area contributed by atoms with Gasteiger partial charge >= 0.3 is 0 Å². The Hall–Kier alpha value is -3.73. The average molecular weight is 369 g/mol. The van der Waals surface area contributed by atoms with E-state index in [0.717, 1.165) is 16.7 Å².